The zero-order chi connectivity index (χ0) is 33.8. The SMILES string of the molecule is C=C(CC(NCC[C@@H](CO)N(C(=O)OCc1ccccc1)C(C)CC)C(=O)OC)NC=NC.CCC(C)CC.CCCCC. The predicted molar refractivity (Wildman–Crippen MR) is 184 cm³/mol. The Morgan fingerprint density at radius 3 is 2.09 bits per heavy atom. The number of benzene rings is 1. The van der Waals surface area contributed by atoms with Crippen molar-refractivity contribution in [3.8, 4) is 0 Å². The van der Waals surface area contributed by atoms with Crippen LogP contribution in [0.15, 0.2) is 47.6 Å². The third-order valence-corrected chi connectivity index (χ3v) is 7.39. The number of aliphatic imine (C=N–C) groups is 1. The molecule has 0 bridgehead atoms. The summed E-state index contributed by atoms with van der Waals surface area (Å²) in [6.45, 7) is 19.2. The third-order valence-electron chi connectivity index (χ3n) is 7.39. The van der Waals surface area contributed by atoms with E-state index in [1.54, 1.807) is 11.9 Å². The van der Waals surface area contributed by atoms with E-state index in [1.165, 1.54) is 45.6 Å². The number of carbonyl (C=O) groups excluding carboxylic acids is 2. The summed E-state index contributed by atoms with van der Waals surface area (Å²) in [4.78, 5) is 30.5. The molecule has 0 spiro atoms. The van der Waals surface area contributed by atoms with Gasteiger partial charge in [0, 0.05) is 25.2 Å². The van der Waals surface area contributed by atoms with Gasteiger partial charge in [-0.25, -0.2) is 4.79 Å². The Hall–Kier alpha value is -2.91. The van der Waals surface area contributed by atoms with Gasteiger partial charge in [-0.2, -0.15) is 0 Å². The summed E-state index contributed by atoms with van der Waals surface area (Å²) in [6.07, 6.45) is 9.18. The Labute approximate surface area is 268 Å². The molecule has 0 fully saturated rings. The van der Waals surface area contributed by atoms with Gasteiger partial charge in [0.25, 0.3) is 0 Å². The van der Waals surface area contributed by atoms with E-state index in [1.807, 2.05) is 44.2 Å². The fourth-order valence-corrected chi connectivity index (χ4v) is 3.91. The zero-order valence-electron chi connectivity index (χ0n) is 29.2. The summed E-state index contributed by atoms with van der Waals surface area (Å²) in [6, 6.07) is 8.22. The first-order valence-corrected chi connectivity index (χ1v) is 16.4. The summed E-state index contributed by atoms with van der Waals surface area (Å²) in [5.41, 5.74) is 1.49. The summed E-state index contributed by atoms with van der Waals surface area (Å²) in [5, 5.41) is 16.1. The highest BCUT2D eigenvalue weighted by molar-refractivity contribution is 5.76. The number of unbranched alkanes of at least 4 members (excludes halogenated alkanes) is 2. The molecule has 1 aromatic carbocycles. The Balaban J connectivity index is 0. The molecule has 9 heteroatoms. The van der Waals surface area contributed by atoms with Crippen molar-refractivity contribution in [1.82, 2.24) is 15.5 Å². The van der Waals surface area contributed by atoms with Crippen LogP contribution in [0.3, 0.4) is 0 Å². The van der Waals surface area contributed by atoms with Crippen LogP contribution in [0.25, 0.3) is 0 Å². The Morgan fingerprint density at radius 1 is 1.05 bits per heavy atom. The molecule has 1 aromatic rings. The number of nitrogens with one attached hydrogen (secondary N) is 2. The summed E-state index contributed by atoms with van der Waals surface area (Å²) >= 11 is 0. The molecule has 0 saturated heterocycles. The number of methoxy groups -OCH3 is 1. The first kappa shape index (κ1) is 43.2. The van der Waals surface area contributed by atoms with E-state index in [4.69, 9.17) is 9.47 Å². The molecule has 2 unspecified atom stereocenters. The maximum atomic E-state index is 12.9. The van der Waals surface area contributed by atoms with Crippen molar-refractivity contribution in [2.45, 2.75) is 125 Å². The lowest BCUT2D eigenvalue weighted by atomic mass is 10.1. The van der Waals surface area contributed by atoms with Crippen molar-refractivity contribution in [3.63, 3.8) is 0 Å². The average Bonchev–Trinajstić information content (AvgIpc) is 3.05. The topological polar surface area (TPSA) is 112 Å². The van der Waals surface area contributed by atoms with E-state index >= 15 is 0 Å². The van der Waals surface area contributed by atoms with Crippen molar-refractivity contribution >= 4 is 18.4 Å². The quantitative estimate of drug-likeness (QED) is 0.0859. The molecule has 9 nitrogen and oxygen atoms in total. The Kier molecular flexibility index (Phi) is 28.3. The van der Waals surface area contributed by atoms with Gasteiger partial charge in [0.2, 0.25) is 0 Å². The van der Waals surface area contributed by atoms with Crippen molar-refractivity contribution < 1.29 is 24.2 Å². The molecule has 3 N–H and O–H groups in total. The fourth-order valence-electron chi connectivity index (χ4n) is 3.91. The Morgan fingerprint density at radius 2 is 1.66 bits per heavy atom. The fraction of sp³-hybridized carbons (Fsp3) is 0.686. The summed E-state index contributed by atoms with van der Waals surface area (Å²) in [7, 11) is 2.95. The molecule has 3 atom stereocenters. The molecule has 254 valence electrons. The van der Waals surface area contributed by atoms with E-state index in [9.17, 15) is 14.7 Å². The smallest absolute Gasteiger partial charge is 0.410 e. The molecule has 0 aliphatic carbocycles. The van der Waals surface area contributed by atoms with E-state index in [0.29, 0.717) is 31.5 Å². The zero-order valence-corrected chi connectivity index (χ0v) is 29.2. The van der Waals surface area contributed by atoms with Crippen molar-refractivity contribution in [2.24, 2.45) is 10.9 Å². The first-order chi connectivity index (χ1) is 21.1. The molecule has 0 saturated carbocycles. The second kappa shape index (κ2) is 28.8. The van der Waals surface area contributed by atoms with Crippen LogP contribution in [0.4, 0.5) is 4.79 Å². The minimum Gasteiger partial charge on any atom is -0.468 e. The first-order valence-electron chi connectivity index (χ1n) is 16.4. The molecule has 1 amide bonds. The standard InChI is InChI=1S/C24H38N4O5.C6H14.C5H12/c1-6-19(3)28(24(31)33-16-20-10-8-7-9-11-20)21(15-29)12-13-26-22(23(30)32-5)14-18(2)27-17-25-4;1-4-6(3)5-2;1-3-5-4-2/h7-11,17,19,21-22,26,29H,2,6,12-16H2,1,3-5H3,(H,25,27);6H,4-5H2,1-3H3;3-5H2,1-2H3/t19?,21-,22?;;/m0../s1. The van der Waals surface area contributed by atoms with Crippen LogP contribution in [0.2, 0.25) is 0 Å². The van der Waals surface area contributed by atoms with Crippen LogP contribution < -0.4 is 10.6 Å². The van der Waals surface area contributed by atoms with Gasteiger partial charge in [0.15, 0.2) is 0 Å². The average molecular weight is 621 g/mol. The molecular formula is C35H64N4O5. The summed E-state index contributed by atoms with van der Waals surface area (Å²) < 4.78 is 10.4. The van der Waals surface area contributed by atoms with E-state index in [2.05, 4.69) is 56.8 Å². The third kappa shape index (κ3) is 20.9. The molecule has 44 heavy (non-hydrogen) atoms. The number of esters is 1. The summed E-state index contributed by atoms with van der Waals surface area (Å²) in [5.74, 6) is 0.512. The molecule has 0 heterocycles. The lowest BCUT2D eigenvalue weighted by Crippen LogP contribution is -2.49. The highest BCUT2D eigenvalue weighted by atomic mass is 16.6. The maximum absolute atomic E-state index is 12.9. The van der Waals surface area contributed by atoms with E-state index < -0.39 is 24.1 Å². The number of carbonyl (C=O) groups is 2. The van der Waals surface area contributed by atoms with Gasteiger partial charge in [-0.05, 0) is 37.8 Å². The largest absolute Gasteiger partial charge is 0.468 e. The van der Waals surface area contributed by atoms with Gasteiger partial charge in [-0.1, -0.05) is 111 Å². The van der Waals surface area contributed by atoms with Crippen molar-refractivity contribution in [2.75, 3.05) is 27.3 Å². The van der Waals surface area contributed by atoms with Gasteiger partial charge < -0.3 is 30.1 Å². The van der Waals surface area contributed by atoms with Crippen molar-refractivity contribution in [3.05, 3.63) is 48.2 Å². The molecule has 0 radical (unpaired) electrons. The van der Waals surface area contributed by atoms with Crippen LogP contribution in [-0.4, -0.2) is 73.8 Å². The highest BCUT2D eigenvalue weighted by Gasteiger charge is 2.29. The molecule has 0 aromatic heterocycles. The number of amides is 1. The molecule has 0 aliphatic rings. The van der Waals surface area contributed by atoms with Gasteiger partial charge >= 0.3 is 12.1 Å². The number of aliphatic hydroxyl groups is 1. The molecule has 0 aliphatic heterocycles. The second-order valence-corrected chi connectivity index (χ2v) is 11.0. The second-order valence-electron chi connectivity index (χ2n) is 11.0. The minimum atomic E-state index is -0.623. The van der Waals surface area contributed by atoms with E-state index in [0.717, 1.165) is 11.5 Å². The lowest BCUT2D eigenvalue weighted by molar-refractivity contribution is -0.143. The number of nitrogens with zero attached hydrogens (tertiary/aromatic N) is 2. The van der Waals surface area contributed by atoms with Gasteiger partial charge in [0.05, 0.1) is 26.1 Å². The minimum absolute atomic E-state index is 0.126. The van der Waals surface area contributed by atoms with Gasteiger partial charge in [-0.3, -0.25) is 9.79 Å². The predicted octanol–water partition coefficient (Wildman–Crippen LogP) is 7.10. The van der Waals surface area contributed by atoms with Crippen LogP contribution in [0.5, 0.6) is 0 Å². The van der Waals surface area contributed by atoms with Crippen LogP contribution in [-0.2, 0) is 20.9 Å². The molecular weight excluding hydrogens is 556 g/mol. The number of ether oxygens (including phenoxy) is 2. The van der Waals surface area contributed by atoms with E-state index in [-0.39, 0.29) is 19.3 Å². The number of aliphatic hydroxyl groups excluding tert-OH is 1. The normalized spacial score (nSPS) is 12.6. The van der Waals surface area contributed by atoms with Crippen LogP contribution >= 0.6 is 0 Å². The lowest BCUT2D eigenvalue weighted by Gasteiger charge is -2.35. The molecule has 1 rings (SSSR count). The highest BCUT2D eigenvalue weighted by Crippen LogP contribution is 2.15. The van der Waals surface area contributed by atoms with Crippen LogP contribution in [0.1, 0.15) is 105 Å². The number of hydrogen-bond donors (Lipinski definition) is 3. The van der Waals surface area contributed by atoms with Crippen molar-refractivity contribution in [1.29, 1.82) is 0 Å². The van der Waals surface area contributed by atoms with Gasteiger partial charge in [0.1, 0.15) is 12.6 Å². The Bertz CT molecular complexity index is 875. The number of hydrogen-bond acceptors (Lipinski definition) is 7. The monoisotopic (exact) mass is 620 g/mol. The number of rotatable bonds is 19. The van der Waals surface area contributed by atoms with Gasteiger partial charge in [-0.15, -0.1) is 0 Å². The maximum Gasteiger partial charge on any atom is 0.410 e. The van der Waals surface area contributed by atoms with Crippen LogP contribution in [0, 0.1) is 5.92 Å².